The minimum Gasteiger partial charge on any atom is -0.352 e. The van der Waals surface area contributed by atoms with Crippen LogP contribution in [0.5, 0.6) is 0 Å². The Morgan fingerprint density at radius 1 is 1.17 bits per heavy atom. The van der Waals surface area contributed by atoms with Gasteiger partial charge in [-0.25, -0.2) is 9.07 Å². The molecule has 0 spiro atoms. The zero-order chi connectivity index (χ0) is 16.8. The number of halogens is 1. The van der Waals surface area contributed by atoms with Gasteiger partial charge >= 0.3 is 0 Å². The van der Waals surface area contributed by atoms with E-state index in [0.717, 1.165) is 24.2 Å². The van der Waals surface area contributed by atoms with Crippen LogP contribution in [0.15, 0.2) is 24.3 Å². The van der Waals surface area contributed by atoms with Crippen LogP contribution >= 0.6 is 0 Å². The first-order valence-corrected chi connectivity index (χ1v) is 8.15. The van der Waals surface area contributed by atoms with E-state index >= 15 is 0 Å². The van der Waals surface area contributed by atoms with Crippen LogP contribution in [0.2, 0.25) is 0 Å². The van der Waals surface area contributed by atoms with Crippen molar-refractivity contribution in [2.45, 2.75) is 46.5 Å². The fraction of sp³-hybridized carbons (Fsp3) is 0.444. The van der Waals surface area contributed by atoms with E-state index in [0.29, 0.717) is 17.8 Å². The number of amides is 1. The van der Waals surface area contributed by atoms with Crippen molar-refractivity contribution in [2.24, 2.45) is 0 Å². The maximum absolute atomic E-state index is 13.0. The molecule has 23 heavy (non-hydrogen) atoms. The maximum Gasteiger partial charge on any atom is 0.255 e. The molecule has 0 aliphatic heterocycles. The molecule has 1 amide bonds. The van der Waals surface area contributed by atoms with Crippen LogP contribution in [0.4, 0.5) is 4.39 Å². The third-order valence-corrected chi connectivity index (χ3v) is 3.91. The summed E-state index contributed by atoms with van der Waals surface area (Å²) in [6, 6.07) is 6.08. The van der Waals surface area contributed by atoms with Crippen LogP contribution < -0.4 is 5.32 Å². The summed E-state index contributed by atoms with van der Waals surface area (Å²) in [6.45, 7) is 6.52. The Bertz CT molecular complexity index is 662. The van der Waals surface area contributed by atoms with E-state index in [2.05, 4.69) is 17.3 Å². The number of aryl methyl sites for hydroxylation is 1. The average molecular weight is 317 g/mol. The van der Waals surface area contributed by atoms with Gasteiger partial charge in [0.05, 0.1) is 22.6 Å². The van der Waals surface area contributed by atoms with Gasteiger partial charge in [-0.1, -0.05) is 26.2 Å². The number of carbonyl (C=O) groups is 1. The molecular formula is C18H24FN3O. The number of hydrogen-bond donors (Lipinski definition) is 1. The predicted molar refractivity (Wildman–Crippen MR) is 89.5 cm³/mol. The van der Waals surface area contributed by atoms with Gasteiger partial charge in [0, 0.05) is 6.54 Å². The Morgan fingerprint density at radius 2 is 1.87 bits per heavy atom. The van der Waals surface area contributed by atoms with Crippen molar-refractivity contribution in [1.29, 1.82) is 0 Å². The SMILES string of the molecule is CCCCCCNC(=O)c1c(C)nn(-c2ccc(F)cc2)c1C. The number of nitrogens with zero attached hydrogens (tertiary/aromatic N) is 2. The van der Waals surface area contributed by atoms with E-state index in [9.17, 15) is 9.18 Å². The molecule has 0 unspecified atom stereocenters. The lowest BCUT2D eigenvalue weighted by Crippen LogP contribution is -2.25. The standard InChI is InChI=1S/C18H24FN3O/c1-4-5-6-7-12-20-18(23)17-13(2)21-22(14(17)3)16-10-8-15(19)9-11-16/h8-11H,4-7,12H2,1-3H3,(H,20,23). The number of carbonyl (C=O) groups excluding carboxylic acids is 1. The van der Waals surface area contributed by atoms with Crippen molar-refractivity contribution in [1.82, 2.24) is 15.1 Å². The molecule has 4 nitrogen and oxygen atoms in total. The first-order chi connectivity index (χ1) is 11.0. The highest BCUT2D eigenvalue weighted by atomic mass is 19.1. The molecule has 2 aromatic rings. The molecule has 1 N–H and O–H groups in total. The molecule has 5 heteroatoms. The van der Waals surface area contributed by atoms with E-state index in [4.69, 9.17) is 0 Å². The van der Waals surface area contributed by atoms with Crippen molar-refractivity contribution in [3.63, 3.8) is 0 Å². The largest absolute Gasteiger partial charge is 0.352 e. The molecular weight excluding hydrogens is 293 g/mol. The topological polar surface area (TPSA) is 46.9 Å². The molecule has 1 aromatic carbocycles. The molecule has 0 bridgehead atoms. The Morgan fingerprint density at radius 3 is 2.52 bits per heavy atom. The van der Waals surface area contributed by atoms with Gasteiger partial charge in [0.1, 0.15) is 5.82 Å². The minimum atomic E-state index is -0.291. The van der Waals surface area contributed by atoms with Crippen LogP contribution in [0.1, 0.15) is 54.4 Å². The van der Waals surface area contributed by atoms with Crippen LogP contribution in [0, 0.1) is 19.7 Å². The van der Waals surface area contributed by atoms with Crippen LogP contribution in [-0.2, 0) is 0 Å². The molecule has 0 saturated carbocycles. The lowest BCUT2D eigenvalue weighted by molar-refractivity contribution is 0.0951. The summed E-state index contributed by atoms with van der Waals surface area (Å²) in [5.41, 5.74) is 2.79. The van der Waals surface area contributed by atoms with Gasteiger partial charge in [-0.05, 0) is 44.5 Å². The summed E-state index contributed by atoms with van der Waals surface area (Å²) in [6.07, 6.45) is 4.49. The van der Waals surface area contributed by atoms with Crippen molar-refractivity contribution in [3.05, 3.63) is 47.0 Å². The zero-order valence-corrected chi connectivity index (χ0v) is 14.0. The number of benzene rings is 1. The molecule has 0 fully saturated rings. The van der Waals surface area contributed by atoms with E-state index in [1.807, 2.05) is 13.8 Å². The lowest BCUT2D eigenvalue weighted by Gasteiger charge is -2.07. The zero-order valence-electron chi connectivity index (χ0n) is 14.0. The van der Waals surface area contributed by atoms with Gasteiger partial charge in [0.2, 0.25) is 0 Å². The second kappa shape index (κ2) is 7.90. The van der Waals surface area contributed by atoms with Gasteiger partial charge in [-0.15, -0.1) is 0 Å². The smallest absolute Gasteiger partial charge is 0.255 e. The van der Waals surface area contributed by atoms with Crippen LogP contribution in [0.25, 0.3) is 5.69 Å². The molecule has 0 radical (unpaired) electrons. The summed E-state index contributed by atoms with van der Waals surface area (Å²) in [5, 5.41) is 7.38. The number of aromatic nitrogens is 2. The van der Waals surface area contributed by atoms with E-state index < -0.39 is 0 Å². The Balaban J connectivity index is 2.11. The highest BCUT2D eigenvalue weighted by molar-refractivity contribution is 5.96. The maximum atomic E-state index is 13.0. The highest BCUT2D eigenvalue weighted by Crippen LogP contribution is 2.18. The van der Waals surface area contributed by atoms with Crippen LogP contribution in [-0.4, -0.2) is 22.2 Å². The Labute approximate surface area is 136 Å². The van der Waals surface area contributed by atoms with Gasteiger partial charge in [-0.3, -0.25) is 4.79 Å². The molecule has 0 aliphatic rings. The summed E-state index contributed by atoms with van der Waals surface area (Å²) in [4.78, 5) is 12.4. The predicted octanol–water partition coefficient (Wildman–Crippen LogP) is 3.94. The summed E-state index contributed by atoms with van der Waals surface area (Å²) in [5.74, 6) is -0.384. The summed E-state index contributed by atoms with van der Waals surface area (Å²) < 4.78 is 14.7. The average Bonchev–Trinajstić information content (AvgIpc) is 2.82. The van der Waals surface area contributed by atoms with Gasteiger partial charge in [0.25, 0.3) is 5.91 Å². The third-order valence-electron chi connectivity index (χ3n) is 3.91. The minimum absolute atomic E-state index is 0.0927. The molecule has 0 saturated heterocycles. The molecule has 1 heterocycles. The number of hydrogen-bond acceptors (Lipinski definition) is 2. The molecule has 2 rings (SSSR count). The highest BCUT2D eigenvalue weighted by Gasteiger charge is 2.19. The number of unbranched alkanes of at least 4 members (excludes halogenated alkanes) is 3. The summed E-state index contributed by atoms with van der Waals surface area (Å²) in [7, 11) is 0. The monoisotopic (exact) mass is 317 g/mol. The van der Waals surface area contributed by atoms with Gasteiger partial charge in [0.15, 0.2) is 0 Å². The quantitative estimate of drug-likeness (QED) is 0.786. The molecule has 124 valence electrons. The van der Waals surface area contributed by atoms with E-state index in [-0.39, 0.29) is 11.7 Å². The summed E-state index contributed by atoms with van der Waals surface area (Å²) >= 11 is 0. The van der Waals surface area contributed by atoms with Crippen molar-refractivity contribution in [3.8, 4) is 5.69 Å². The first-order valence-electron chi connectivity index (χ1n) is 8.15. The van der Waals surface area contributed by atoms with Crippen molar-refractivity contribution in [2.75, 3.05) is 6.54 Å². The van der Waals surface area contributed by atoms with Crippen molar-refractivity contribution >= 4 is 5.91 Å². The molecule has 0 aliphatic carbocycles. The van der Waals surface area contributed by atoms with Gasteiger partial charge < -0.3 is 5.32 Å². The third kappa shape index (κ3) is 4.18. The molecule has 0 atom stereocenters. The van der Waals surface area contributed by atoms with Gasteiger partial charge in [-0.2, -0.15) is 5.10 Å². The van der Waals surface area contributed by atoms with Crippen molar-refractivity contribution < 1.29 is 9.18 Å². The number of nitrogens with one attached hydrogen (secondary N) is 1. The Kier molecular flexibility index (Phi) is 5.90. The van der Waals surface area contributed by atoms with E-state index in [1.54, 1.807) is 16.8 Å². The van der Waals surface area contributed by atoms with E-state index in [1.165, 1.54) is 25.0 Å². The first kappa shape index (κ1) is 17.2. The number of rotatable bonds is 7. The Hall–Kier alpha value is -2.17. The molecule has 1 aromatic heterocycles. The normalized spacial score (nSPS) is 10.8. The fourth-order valence-corrected chi connectivity index (χ4v) is 2.65. The second-order valence-electron chi connectivity index (χ2n) is 5.75. The fourth-order valence-electron chi connectivity index (χ4n) is 2.65. The second-order valence-corrected chi connectivity index (χ2v) is 5.75. The lowest BCUT2D eigenvalue weighted by atomic mass is 10.1. The van der Waals surface area contributed by atoms with Crippen LogP contribution in [0.3, 0.4) is 0 Å².